The van der Waals surface area contributed by atoms with Crippen LogP contribution in [0.15, 0.2) is 57.9 Å². The lowest BCUT2D eigenvalue weighted by atomic mass is 10.1. The number of amides is 3. The van der Waals surface area contributed by atoms with Crippen LogP contribution in [-0.4, -0.2) is 34.4 Å². The van der Waals surface area contributed by atoms with E-state index in [2.05, 4.69) is 20.8 Å². The summed E-state index contributed by atoms with van der Waals surface area (Å²) in [5, 5.41) is 9.06. The number of hydrogen-bond donors (Lipinski definition) is 3. The molecule has 0 atom stereocenters. The van der Waals surface area contributed by atoms with Crippen molar-refractivity contribution in [1.82, 2.24) is 20.8 Å². The molecule has 0 bridgehead atoms. The Balaban J connectivity index is 1.57. The van der Waals surface area contributed by atoms with Crippen LogP contribution >= 0.6 is 11.8 Å². The highest BCUT2D eigenvalue weighted by atomic mass is 32.2. The maximum absolute atomic E-state index is 12.7. The van der Waals surface area contributed by atoms with Crippen LogP contribution in [0.5, 0.6) is 0 Å². The molecule has 0 saturated carbocycles. The lowest BCUT2D eigenvalue weighted by Crippen LogP contribution is -2.33. The fourth-order valence-electron chi connectivity index (χ4n) is 2.64. The number of nitrogens with one attached hydrogen (secondary N) is 2. The van der Waals surface area contributed by atoms with Crippen LogP contribution in [0.4, 0.5) is 0 Å². The van der Waals surface area contributed by atoms with Gasteiger partial charge in [0.15, 0.2) is 5.82 Å². The van der Waals surface area contributed by atoms with E-state index in [1.807, 2.05) is 12.1 Å². The van der Waals surface area contributed by atoms with Crippen molar-refractivity contribution in [2.24, 2.45) is 5.73 Å². The van der Waals surface area contributed by atoms with E-state index in [9.17, 15) is 14.4 Å². The van der Waals surface area contributed by atoms with E-state index in [0.717, 1.165) is 10.5 Å². The molecule has 9 nitrogen and oxygen atoms in total. The van der Waals surface area contributed by atoms with Gasteiger partial charge in [0.25, 0.3) is 11.8 Å². The Labute approximate surface area is 182 Å². The van der Waals surface area contributed by atoms with Gasteiger partial charge >= 0.3 is 0 Å². The summed E-state index contributed by atoms with van der Waals surface area (Å²) in [5.41, 5.74) is 6.78. The summed E-state index contributed by atoms with van der Waals surface area (Å²) in [6.07, 6.45) is 0. The average Bonchev–Trinajstić information content (AvgIpc) is 3.20. The maximum Gasteiger partial charge on any atom is 0.252 e. The van der Waals surface area contributed by atoms with Gasteiger partial charge in [0.2, 0.25) is 11.8 Å². The molecule has 0 unspecified atom stereocenters. The van der Waals surface area contributed by atoms with Crippen LogP contribution in [0, 0.1) is 6.92 Å². The van der Waals surface area contributed by atoms with Crippen molar-refractivity contribution in [3.63, 3.8) is 0 Å². The molecule has 3 amide bonds. The normalized spacial score (nSPS) is 10.5. The Kier molecular flexibility index (Phi) is 7.39. The second-order valence-corrected chi connectivity index (χ2v) is 7.57. The van der Waals surface area contributed by atoms with E-state index in [-0.39, 0.29) is 12.5 Å². The summed E-state index contributed by atoms with van der Waals surface area (Å²) in [6.45, 7) is 1.82. The molecule has 1 heterocycles. The molecule has 31 heavy (non-hydrogen) atoms. The Hall–Kier alpha value is -3.66. The summed E-state index contributed by atoms with van der Waals surface area (Å²) in [6, 6.07) is 14.0. The fraction of sp³-hybridized carbons (Fsp3) is 0.190. The summed E-state index contributed by atoms with van der Waals surface area (Å²) in [4.78, 5) is 40.3. The zero-order valence-electron chi connectivity index (χ0n) is 16.8. The SMILES string of the molecule is Cc1noc(CSc2ccccc2C(=O)NCc2ccc(C(=O)NCC(N)=O)cc2)n1. The van der Waals surface area contributed by atoms with Gasteiger partial charge in [0.1, 0.15) is 0 Å². The van der Waals surface area contributed by atoms with Gasteiger partial charge in [-0.05, 0) is 36.8 Å². The quantitative estimate of drug-likeness (QED) is 0.432. The number of nitrogens with two attached hydrogens (primary N) is 1. The largest absolute Gasteiger partial charge is 0.368 e. The summed E-state index contributed by atoms with van der Waals surface area (Å²) < 4.78 is 5.11. The lowest BCUT2D eigenvalue weighted by molar-refractivity contribution is -0.117. The maximum atomic E-state index is 12.7. The van der Waals surface area contributed by atoms with Gasteiger partial charge in [-0.25, -0.2) is 0 Å². The molecule has 0 aliphatic heterocycles. The third kappa shape index (κ3) is 6.41. The molecule has 2 aromatic carbocycles. The molecule has 0 aliphatic rings. The van der Waals surface area contributed by atoms with Gasteiger partial charge in [0, 0.05) is 17.0 Å². The van der Waals surface area contributed by atoms with Gasteiger partial charge in [-0.2, -0.15) is 4.98 Å². The number of carbonyl (C=O) groups is 3. The molecule has 4 N–H and O–H groups in total. The first-order chi connectivity index (χ1) is 14.9. The molecule has 0 spiro atoms. The van der Waals surface area contributed by atoms with E-state index in [1.54, 1.807) is 43.3 Å². The van der Waals surface area contributed by atoms with Crippen LogP contribution in [0.2, 0.25) is 0 Å². The van der Waals surface area contributed by atoms with Crippen LogP contribution in [-0.2, 0) is 17.1 Å². The number of carbonyl (C=O) groups excluding carboxylic acids is 3. The number of benzene rings is 2. The van der Waals surface area contributed by atoms with Crippen LogP contribution in [0.25, 0.3) is 0 Å². The Bertz CT molecular complexity index is 1080. The van der Waals surface area contributed by atoms with Crippen molar-refractivity contribution in [3.05, 3.63) is 76.9 Å². The average molecular weight is 439 g/mol. The first-order valence-corrected chi connectivity index (χ1v) is 10.4. The van der Waals surface area contributed by atoms with E-state index in [1.165, 1.54) is 11.8 Å². The summed E-state index contributed by atoms with van der Waals surface area (Å²) in [5.74, 6) is 0.309. The molecule has 3 rings (SSSR count). The first kappa shape index (κ1) is 22.0. The minimum atomic E-state index is -0.613. The molecule has 3 aromatic rings. The number of aryl methyl sites for hydroxylation is 1. The van der Waals surface area contributed by atoms with Crippen molar-refractivity contribution in [1.29, 1.82) is 0 Å². The highest BCUT2D eigenvalue weighted by Gasteiger charge is 2.13. The molecule has 1 aromatic heterocycles. The summed E-state index contributed by atoms with van der Waals surface area (Å²) in [7, 11) is 0. The predicted octanol–water partition coefficient (Wildman–Crippen LogP) is 1.82. The molecule has 0 aliphatic carbocycles. The van der Waals surface area contributed by atoms with E-state index < -0.39 is 11.8 Å². The number of primary amides is 1. The Morgan fingerprint density at radius 3 is 2.45 bits per heavy atom. The zero-order valence-corrected chi connectivity index (χ0v) is 17.6. The number of hydrogen-bond acceptors (Lipinski definition) is 7. The minimum absolute atomic E-state index is 0.215. The highest BCUT2D eigenvalue weighted by molar-refractivity contribution is 7.98. The number of nitrogens with zero attached hydrogens (tertiary/aromatic N) is 2. The van der Waals surface area contributed by atoms with Gasteiger partial charge in [0.05, 0.1) is 17.9 Å². The number of aromatic nitrogens is 2. The summed E-state index contributed by atoms with van der Waals surface area (Å²) >= 11 is 1.44. The smallest absolute Gasteiger partial charge is 0.252 e. The van der Waals surface area contributed by atoms with Crippen molar-refractivity contribution in [2.75, 3.05) is 6.54 Å². The van der Waals surface area contributed by atoms with Crippen molar-refractivity contribution >= 4 is 29.5 Å². The zero-order chi connectivity index (χ0) is 22.2. The van der Waals surface area contributed by atoms with E-state index in [0.29, 0.717) is 35.1 Å². The van der Waals surface area contributed by atoms with Crippen LogP contribution in [0.1, 0.15) is 38.0 Å². The number of rotatable bonds is 9. The topological polar surface area (TPSA) is 140 Å². The first-order valence-electron chi connectivity index (χ1n) is 9.37. The van der Waals surface area contributed by atoms with Crippen molar-refractivity contribution < 1.29 is 18.9 Å². The van der Waals surface area contributed by atoms with Crippen LogP contribution in [0.3, 0.4) is 0 Å². The third-order valence-electron chi connectivity index (χ3n) is 4.14. The molecule has 160 valence electrons. The number of thioether (sulfide) groups is 1. The molecule has 0 radical (unpaired) electrons. The molecule has 10 heteroatoms. The van der Waals surface area contributed by atoms with Gasteiger partial charge in [-0.3, -0.25) is 14.4 Å². The van der Waals surface area contributed by atoms with Crippen molar-refractivity contribution in [2.45, 2.75) is 24.1 Å². The van der Waals surface area contributed by atoms with Crippen molar-refractivity contribution in [3.8, 4) is 0 Å². The van der Waals surface area contributed by atoms with Gasteiger partial charge in [-0.1, -0.05) is 29.4 Å². The second kappa shape index (κ2) is 10.4. The van der Waals surface area contributed by atoms with Gasteiger partial charge in [-0.15, -0.1) is 11.8 Å². The second-order valence-electron chi connectivity index (χ2n) is 6.55. The molecule has 0 saturated heterocycles. The lowest BCUT2D eigenvalue weighted by Gasteiger charge is -2.10. The Morgan fingerprint density at radius 2 is 1.77 bits per heavy atom. The van der Waals surface area contributed by atoms with E-state index >= 15 is 0 Å². The minimum Gasteiger partial charge on any atom is -0.368 e. The highest BCUT2D eigenvalue weighted by Crippen LogP contribution is 2.25. The van der Waals surface area contributed by atoms with Crippen LogP contribution < -0.4 is 16.4 Å². The van der Waals surface area contributed by atoms with E-state index in [4.69, 9.17) is 10.3 Å². The molecular formula is C21H21N5O4S. The van der Waals surface area contributed by atoms with Gasteiger partial charge < -0.3 is 20.9 Å². The fourth-order valence-corrected chi connectivity index (χ4v) is 3.53. The standard InChI is InChI=1S/C21H21N5O4S/c1-13-25-19(30-26-13)12-31-17-5-3-2-4-16(17)21(29)23-10-14-6-8-15(9-7-14)20(28)24-11-18(22)27/h2-9H,10-12H2,1H3,(H2,22,27)(H,23,29)(H,24,28). The Morgan fingerprint density at radius 1 is 1.03 bits per heavy atom. The third-order valence-corrected chi connectivity index (χ3v) is 5.20. The predicted molar refractivity (Wildman–Crippen MR) is 114 cm³/mol. The molecular weight excluding hydrogens is 418 g/mol. The monoisotopic (exact) mass is 439 g/mol. The molecule has 0 fully saturated rings.